The first-order valence-corrected chi connectivity index (χ1v) is 7.44. The Bertz CT molecular complexity index is 574. The predicted molar refractivity (Wildman–Crippen MR) is 81.5 cm³/mol. The van der Waals surface area contributed by atoms with Crippen LogP contribution in [0, 0.1) is 0 Å². The van der Waals surface area contributed by atoms with Gasteiger partial charge in [0.15, 0.2) is 0 Å². The highest BCUT2D eigenvalue weighted by Crippen LogP contribution is 2.30. The SMILES string of the molecule is Brc1ccc2c(c1)CC(CNOCc1ccccc1)O2. The van der Waals surface area contributed by atoms with E-state index in [-0.39, 0.29) is 6.10 Å². The molecule has 0 radical (unpaired) electrons. The van der Waals surface area contributed by atoms with Crippen LogP contribution in [0.15, 0.2) is 53.0 Å². The van der Waals surface area contributed by atoms with E-state index in [1.165, 1.54) is 5.56 Å². The first-order chi connectivity index (χ1) is 9.81. The molecule has 3 nitrogen and oxygen atoms in total. The molecule has 2 aromatic rings. The Morgan fingerprint density at radius 3 is 2.90 bits per heavy atom. The van der Waals surface area contributed by atoms with Crippen molar-refractivity contribution in [3.8, 4) is 5.75 Å². The van der Waals surface area contributed by atoms with Gasteiger partial charge in [0.1, 0.15) is 11.9 Å². The van der Waals surface area contributed by atoms with Crippen molar-refractivity contribution in [2.45, 2.75) is 19.1 Å². The minimum atomic E-state index is 0.134. The molecule has 2 aromatic carbocycles. The van der Waals surface area contributed by atoms with Crippen LogP contribution in [0.4, 0.5) is 0 Å². The number of benzene rings is 2. The van der Waals surface area contributed by atoms with Crippen molar-refractivity contribution >= 4 is 15.9 Å². The second kappa shape index (κ2) is 6.39. The van der Waals surface area contributed by atoms with E-state index in [4.69, 9.17) is 9.57 Å². The van der Waals surface area contributed by atoms with Crippen LogP contribution in [-0.2, 0) is 17.9 Å². The van der Waals surface area contributed by atoms with Crippen LogP contribution in [0.25, 0.3) is 0 Å². The number of fused-ring (bicyclic) bond motifs is 1. The van der Waals surface area contributed by atoms with E-state index < -0.39 is 0 Å². The van der Waals surface area contributed by atoms with E-state index in [0.717, 1.165) is 22.2 Å². The topological polar surface area (TPSA) is 30.5 Å². The van der Waals surface area contributed by atoms with Crippen molar-refractivity contribution in [3.63, 3.8) is 0 Å². The molecule has 1 atom stereocenters. The van der Waals surface area contributed by atoms with Crippen LogP contribution in [0.5, 0.6) is 5.75 Å². The minimum absolute atomic E-state index is 0.134. The Morgan fingerprint density at radius 2 is 2.05 bits per heavy atom. The number of nitrogens with one attached hydrogen (secondary N) is 1. The fourth-order valence-corrected chi connectivity index (χ4v) is 2.67. The quantitative estimate of drug-likeness (QED) is 0.671. The molecule has 0 fully saturated rings. The van der Waals surface area contributed by atoms with Gasteiger partial charge in [0.25, 0.3) is 0 Å². The van der Waals surface area contributed by atoms with Crippen LogP contribution in [0.1, 0.15) is 11.1 Å². The molecular weight excluding hydrogens is 318 g/mol. The van der Waals surface area contributed by atoms with Gasteiger partial charge in [-0.15, -0.1) is 0 Å². The van der Waals surface area contributed by atoms with E-state index in [1.807, 2.05) is 42.5 Å². The summed E-state index contributed by atoms with van der Waals surface area (Å²) in [7, 11) is 0. The number of halogens is 1. The van der Waals surface area contributed by atoms with Gasteiger partial charge < -0.3 is 4.74 Å². The molecule has 0 amide bonds. The van der Waals surface area contributed by atoms with Crippen molar-refractivity contribution in [1.82, 2.24) is 5.48 Å². The molecule has 0 bridgehead atoms. The van der Waals surface area contributed by atoms with Gasteiger partial charge >= 0.3 is 0 Å². The highest BCUT2D eigenvalue weighted by atomic mass is 79.9. The van der Waals surface area contributed by atoms with Crippen LogP contribution in [-0.4, -0.2) is 12.6 Å². The Morgan fingerprint density at radius 1 is 1.20 bits per heavy atom. The Kier molecular flexibility index (Phi) is 4.35. The number of hydroxylamine groups is 1. The molecule has 0 spiro atoms. The highest BCUT2D eigenvalue weighted by molar-refractivity contribution is 9.10. The first kappa shape index (κ1) is 13.6. The van der Waals surface area contributed by atoms with Gasteiger partial charge in [0.2, 0.25) is 0 Å². The minimum Gasteiger partial charge on any atom is -0.488 e. The lowest BCUT2D eigenvalue weighted by molar-refractivity contribution is 0.0107. The fraction of sp³-hybridized carbons (Fsp3) is 0.250. The van der Waals surface area contributed by atoms with Crippen molar-refractivity contribution in [2.75, 3.05) is 6.54 Å². The highest BCUT2D eigenvalue weighted by Gasteiger charge is 2.22. The maximum Gasteiger partial charge on any atom is 0.123 e. The van der Waals surface area contributed by atoms with Crippen molar-refractivity contribution in [3.05, 3.63) is 64.1 Å². The van der Waals surface area contributed by atoms with Gasteiger partial charge in [-0.25, -0.2) is 0 Å². The zero-order chi connectivity index (χ0) is 13.8. The monoisotopic (exact) mass is 333 g/mol. The third-order valence-corrected chi connectivity index (χ3v) is 3.75. The summed E-state index contributed by atoms with van der Waals surface area (Å²) < 4.78 is 6.94. The average molecular weight is 334 g/mol. The van der Waals surface area contributed by atoms with Gasteiger partial charge in [0.05, 0.1) is 13.2 Å². The molecule has 1 N–H and O–H groups in total. The number of hydrogen-bond acceptors (Lipinski definition) is 3. The summed E-state index contributed by atoms with van der Waals surface area (Å²) in [5, 5.41) is 0. The fourth-order valence-electron chi connectivity index (χ4n) is 2.26. The van der Waals surface area contributed by atoms with Crippen LogP contribution in [0.2, 0.25) is 0 Å². The average Bonchev–Trinajstić information content (AvgIpc) is 2.86. The van der Waals surface area contributed by atoms with Gasteiger partial charge in [-0.2, -0.15) is 5.48 Å². The maximum absolute atomic E-state index is 5.85. The summed E-state index contributed by atoms with van der Waals surface area (Å²) in [6.45, 7) is 1.24. The van der Waals surface area contributed by atoms with Gasteiger partial charge in [-0.1, -0.05) is 46.3 Å². The van der Waals surface area contributed by atoms with E-state index in [1.54, 1.807) is 0 Å². The molecule has 0 saturated carbocycles. The van der Waals surface area contributed by atoms with E-state index in [9.17, 15) is 0 Å². The summed E-state index contributed by atoms with van der Waals surface area (Å²) in [6.07, 6.45) is 1.05. The number of ether oxygens (including phenoxy) is 1. The van der Waals surface area contributed by atoms with Gasteiger partial charge in [-0.05, 0) is 29.3 Å². The molecule has 4 heteroatoms. The third kappa shape index (κ3) is 3.39. The van der Waals surface area contributed by atoms with Crippen molar-refractivity contribution in [2.24, 2.45) is 0 Å². The lowest BCUT2D eigenvalue weighted by Crippen LogP contribution is -2.30. The van der Waals surface area contributed by atoms with Gasteiger partial charge in [-0.3, -0.25) is 4.84 Å². The zero-order valence-electron chi connectivity index (χ0n) is 11.0. The van der Waals surface area contributed by atoms with E-state index in [0.29, 0.717) is 13.2 Å². The molecule has 1 aliphatic heterocycles. The van der Waals surface area contributed by atoms with E-state index >= 15 is 0 Å². The van der Waals surface area contributed by atoms with Crippen LogP contribution < -0.4 is 10.2 Å². The van der Waals surface area contributed by atoms with E-state index in [2.05, 4.69) is 27.5 Å². The standard InChI is InChI=1S/C16H16BrNO2/c17-14-6-7-16-13(8-14)9-15(20-16)10-18-19-11-12-4-2-1-3-5-12/h1-8,15,18H,9-11H2. The zero-order valence-corrected chi connectivity index (χ0v) is 12.6. The molecule has 104 valence electrons. The van der Waals surface area contributed by atoms with Crippen molar-refractivity contribution in [1.29, 1.82) is 0 Å². The Labute approximate surface area is 127 Å². The molecule has 0 saturated heterocycles. The molecule has 3 rings (SSSR count). The normalized spacial score (nSPS) is 16.8. The summed E-state index contributed by atoms with van der Waals surface area (Å²) in [5.41, 5.74) is 5.39. The lowest BCUT2D eigenvalue weighted by atomic mass is 10.1. The van der Waals surface area contributed by atoms with Gasteiger partial charge in [0, 0.05) is 10.9 Å². The number of hydrogen-bond donors (Lipinski definition) is 1. The van der Waals surface area contributed by atoms with Crippen molar-refractivity contribution < 1.29 is 9.57 Å². The predicted octanol–water partition coefficient (Wildman–Crippen LogP) is 3.47. The first-order valence-electron chi connectivity index (χ1n) is 6.65. The molecule has 1 aliphatic rings. The smallest absolute Gasteiger partial charge is 0.123 e. The molecule has 0 aliphatic carbocycles. The Balaban J connectivity index is 1.43. The summed E-state index contributed by atoms with van der Waals surface area (Å²) in [6, 6.07) is 16.2. The number of rotatable bonds is 5. The summed E-state index contributed by atoms with van der Waals surface area (Å²) in [4.78, 5) is 5.46. The second-order valence-electron chi connectivity index (χ2n) is 4.82. The summed E-state index contributed by atoms with van der Waals surface area (Å²) in [5.74, 6) is 0.975. The molecule has 1 heterocycles. The molecule has 0 aromatic heterocycles. The van der Waals surface area contributed by atoms with Crippen LogP contribution in [0.3, 0.4) is 0 Å². The molecule has 20 heavy (non-hydrogen) atoms. The second-order valence-corrected chi connectivity index (χ2v) is 5.73. The lowest BCUT2D eigenvalue weighted by Gasteiger charge is -2.11. The maximum atomic E-state index is 5.85. The molecular formula is C16H16BrNO2. The molecule has 1 unspecified atom stereocenters. The largest absolute Gasteiger partial charge is 0.488 e. The Hall–Kier alpha value is -1.36. The third-order valence-electron chi connectivity index (χ3n) is 3.26. The summed E-state index contributed by atoms with van der Waals surface area (Å²) >= 11 is 3.48. The van der Waals surface area contributed by atoms with Crippen LogP contribution >= 0.6 is 15.9 Å².